The van der Waals surface area contributed by atoms with Crippen molar-refractivity contribution in [1.29, 1.82) is 5.26 Å². The van der Waals surface area contributed by atoms with Crippen LogP contribution in [0.2, 0.25) is 0 Å². The monoisotopic (exact) mass is 320 g/mol. The zero-order valence-electron chi connectivity index (χ0n) is 12.6. The number of ether oxygens (including phenoxy) is 2. The number of hydrogen-bond acceptors (Lipinski definition) is 6. The predicted molar refractivity (Wildman–Crippen MR) is 88.6 cm³/mol. The Morgan fingerprint density at radius 1 is 1.50 bits per heavy atom. The minimum Gasteiger partial charge on any atom is -0.492 e. The van der Waals surface area contributed by atoms with E-state index in [1.165, 1.54) is 11.8 Å². The Labute approximate surface area is 135 Å². The Balaban J connectivity index is 1.86. The van der Waals surface area contributed by atoms with E-state index in [9.17, 15) is 0 Å². The quantitative estimate of drug-likeness (QED) is 0.386. The van der Waals surface area contributed by atoms with E-state index in [1.807, 2.05) is 36.7 Å². The molecular formula is C15H20N4O2S. The second kappa shape index (κ2) is 9.30. The van der Waals surface area contributed by atoms with E-state index in [1.54, 1.807) is 0 Å². The van der Waals surface area contributed by atoms with Crippen molar-refractivity contribution >= 4 is 22.6 Å². The first kappa shape index (κ1) is 16.6. The second-order valence-corrected chi connectivity index (χ2v) is 5.45. The molecule has 1 N–H and O–H groups in total. The first-order valence-corrected chi connectivity index (χ1v) is 8.35. The molecule has 0 radical (unpaired) electrons. The Bertz CT molecular complexity index is 539. The fourth-order valence-corrected chi connectivity index (χ4v) is 2.39. The van der Waals surface area contributed by atoms with E-state index in [-0.39, 0.29) is 0 Å². The third-order valence-electron chi connectivity index (χ3n) is 3.18. The standard InChI is InChI=1S/C15H20N4O2S/c1-22-15(17-12-16)18-13-3-2-4-14(11-13)21-10-7-19-5-8-20-9-6-19/h2-4,11H,5-10H2,1H3,(H,17,18). The summed E-state index contributed by atoms with van der Waals surface area (Å²) in [5.41, 5.74) is 0.760. The zero-order chi connectivity index (χ0) is 15.6. The molecule has 0 saturated carbocycles. The van der Waals surface area contributed by atoms with Crippen molar-refractivity contribution < 1.29 is 9.47 Å². The van der Waals surface area contributed by atoms with Crippen molar-refractivity contribution in [3.63, 3.8) is 0 Å². The fourth-order valence-electron chi connectivity index (χ4n) is 2.05. The second-order valence-electron chi connectivity index (χ2n) is 4.66. The number of nitrogens with zero attached hydrogens (tertiary/aromatic N) is 3. The Hall–Kier alpha value is -1.75. The summed E-state index contributed by atoms with van der Waals surface area (Å²) in [6.07, 6.45) is 3.74. The molecule has 1 aliphatic heterocycles. The van der Waals surface area contributed by atoms with Crippen molar-refractivity contribution in [3.8, 4) is 11.9 Å². The highest BCUT2D eigenvalue weighted by Gasteiger charge is 2.09. The van der Waals surface area contributed by atoms with Crippen LogP contribution in [0.4, 0.5) is 5.69 Å². The molecule has 0 bridgehead atoms. The molecule has 1 aliphatic rings. The number of benzene rings is 1. The molecule has 0 atom stereocenters. The molecule has 2 rings (SSSR count). The van der Waals surface area contributed by atoms with Gasteiger partial charge in [0.25, 0.3) is 0 Å². The first-order valence-electron chi connectivity index (χ1n) is 7.12. The van der Waals surface area contributed by atoms with Crippen molar-refractivity contribution in [3.05, 3.63) is 24.3 Å². The van der Waals surface area contributed by atoms with Gasteiger partial charge in [0.2, 0.25) is 0 Å². The number of amidine groups is 1. The Morgan fingerprint density at radius 2 is 2.32 bits per heavy atom. The fraction of sp³-hybridized carbons (Fsp3) is 0.467. The Morgan fingerprint density at radius 3 is 3.05 bits per heavy atom. The molecule has 22 heavy (non-hydrogen) atoms. The molecule has 6 nitrogen and oxygen atoms in total. The summed E-state index contributed by atoms with van der Waals surface area (Å²) < 4.78 is 11.1. The maximum Gasteiger partial charge on any atom is 0.183 e. The number of hydrogen-bond donors (Lipinski definition) is 1. The lowest BCUT2D eigenvalue weighted by atomic mass is 10.3. The van der Waals surface area contributed by atoms with Gasteiger partial charge < -0.3 is 9.47 Å². The van der Waals surface area contributed by atoms with E-state index < -0.39 is 0 Å². The van der Waals surface area contributed by atoms with Crippen LogP contribution in [0, 0.1) is 11.5 Å². The third kappa shape index (κ3) is 5.56. The van der Waals surface area contributed by atoms with Gasteiger partial charge in [0.05, 0.1) is 18.9 Å². The maximum absolute atomic E-state index is 8.65. The van der Waals surface area contributed by atoms with E-state index in [0.29, 0.717) is 11.8 Å². The van der Waals surface area contributed by atoms with Gasteiger partial charge in [-0.25, -0.2) is 4.99 Å². The van der Waals surface area contributed by atoms with Crippen molar-refractivity contribution in [2.45, 2.75) is 0 Å². The van der Waals surface area contributed by atoms with E-state index in [4.69, 9.17) is 14.7 Å². The summed E-state index contributed by atoms with van der Waals surface area (Å²) in [6.45, 7) is 5.05. The molecule has 7 heteroatoms. The molecule has 0 aromatic heterocycles. The summed E-state index contributed by atoms with van der Waals surface area (Å²) in [7, 11) is 0. The molecule has 1 saturated heterocycles. The Kier molecular flexibility index (Phi) is 7.03. The summed E-state index contributed by atoms with van der Waals surface area (Å²) >= 11 is 1.39. The van der Waals surface area contributed by atoms with Crippen LogP contribution < -0.4 is 10.1 Å². The minimum atomic E-state index is 0.563. The van der Waals surface area contributed by atoms with Crippen LogP contribution in [-0.2, 0) is 4.74 Å². The molecule has 0 aliphatic carbocycles. The highest BCUT2D eigenvalue weighted by Crippen LogP contribution is 2.21. The van der Waals surface area contributed by atoms with Crippen LogP contribution in [0.5, 0.6) is 5.75 Å². The largest absolute Gasteiger partial charge is 0.492 e. The number of morpholine rings is 1. The van der Waals surface area contributed by atoms with E-state index >= 15 is 0 Å². The lowest BCUT2D eigenvalue weighted by molar-refractivity contribution is 0.0322. The lowest BCUT2D eigenvalue weighted by Crippen LogP contribution is -2.38. The summed E-state index contributed by atoms with van der Waals surface area (Å²) in [4.78, 5) is 6.69. The third-order valence-corrected chi connectivity index (χ3v) is 3.76. The molecule has 0 spiro atoms. The van der Waals surface area contributed by atoms with Gasteiger partial charge >= 0.3 is 0 Å². The molecule has 1 aromatic carbocycles. The summed E-state index contributed by atoms with van der Waals surface area (Å²) in [5, 5.41) is 11.8. The molecule has 1 aromatic rings. The SMILES string of the molecule is CSC(=Nc1cccc(OCCN2CCOCC2)c1)NC#N. The topological polar surface area (TPSA) is 69.9 Å². The molecular weight excluding hydrogens is 300 g/mol. The predicted octanol–water partition coefficient (Wildman–Crippen LogP) is 1.82. The van der Waals surface area contributed by atoms with Gasteiger partial charge in [0.15, 0.2) is 11.4 Å². The van der Waals surface area contributed by atoms with Gasteiger partial charge in [-0.3, -0.25) is 10.2 Å². The van der Waals surface area contributed by atoms with Crippen LogP contribution in [-0.4, -0.2) is 55.8 Å². The summed E-state index contributed by atoms with van der Waals surface area (Å²) in [5.74, 6) is 0.784. The molecule has 0 unspecified atom stereocenters. The number of rotatable bonds is 5. The number of aliphatic imine (C=N–C) groups is 1. The molecule has 1 fully saturated rings. The first-order chi connectivity index (χ1) is 10.8. The minimum absolute atomic E-state index is 0.563. The number of nitrogens with one attached hydrogen (secondary N) is 1. The molecule has 1 heterocycles. The van der Waals surface area contributed by atoms with Gasteiger partial charge in [-0.2, -0.15) is 5.26 Å². The van der Waals surface area contributed by atoms with Gasteiger partial charge in [-0.1, -0.05) is 17.8 Å². The zero-order valence-corrected chi connectivity index (χ0v) is 13.4. The maximum atomic E-state index is 8.65. The van der Waals surface area contributed by atoms with E-state index in [0.717, 1.165) is 44.3 Å². The molecule has 0 amide bonds. The van der Waals surface area contributed by atoms with Crippen LogP contribution in [0.3, 0.4) is 0 Å². The van der Waals surface area contributed by atoms with Gasteiger partial charge in [-0.15, -0.1) is 0 Å². The van der Waals surface area contributed by atoms with Crippen molar-refractivity contribution in [2.75, 3.05) is 45.7 Å². The van der Waals surface area contributed by atoms with Gasteiger partial charge in [-0.05, 0) is 18.4 Å². The van der Waals surface area contributed by atoms with Gasteiger partial charge in [0.1, 0.15) is 12.4 Å². The van der Waals surface area contributed by atoms with E-state index in [2.05, 4.69) is 15.2 Å². The lowest BCUT2D eigenvalue weighted by Gasteiger charge is -2.26. The van der Waals surface area contributed by atoms with Crippen LogP contribution in [0.1, 0.15) is 0 Å². The normalized spacial score (nSPS) is 16.1. The average molecular weight is 320 g/mol. The number of thioether (sulfide) groups is 1. The van der Waals surface area contributed by atoms with Crippen molar-refractivity contribution in [2.24, 2.45) is 4.99 Å². The van der Waals surface area contributed by atoms with Crippen LogP contribution in [0.25, 0.3) is 0 Å². The average Bonchev–Trinajstić information content (AvgIpc) is 2.56. The van der Waals surface area contributed by atoms with Crippen LogP contribution >= 0.6 is 11.8 Å². The molecule has 118 valence electrons. The van der Waals surface area contributed by atoms with Gasteiger partial charge in [0, 0.05) is 25.7 Å². The van der Waals surface area contributed by atoms with Crippen molar-refractivity contribution in [1.82, 2.24) is 10.2 Å². The summed E-state index contributed by atoms with van der Waals surface area (Å²) in [6, 6.07) is 7.56. The highest BCUT2D eigenvalue weighted by molar-refractivity contribution is 8.13. The smallest absolute Gasteiger partial charge is 0.183 e. The highest BCUT2D eigenvalue weighted by atomic mass is 32.2. The number of nitriles is 1. The van der Waals surface area contributed by atoms with Crippen LogP contribution in [0.15, 0.2) is 29.3 Å².